The average molecular weight is 313 g/mol. The van der Waals surface area contributed by atoms with Crippen molar-refractivity contribution in [3.8, 4) is 0 Å². The predicted molar refractivity (Wildman–Crippen MR) is 60.1 cm³/mol. The molecule has 1 aromatic rings. The molecule has 8 heteroatoms. The monoisotopic (exact) mass is 312 g/mol. The number of nitro benzene ring substituents is 1. The number of benzene rings is 1. The summed E-state index contributed by atoms with van der Waals surface area (Å²) in [6, 6.07) is 2.37. The first-order valence-electron chi connectivity index (χ1n) is 4.46. The molecule has 94 valence electrons. The Morgan fingerprint density at radius 2 is 2.06 bits per heavy atom. The molecule has 17 heavy (non-hydrogen) atoms. The minimum Gasteiger partial charge on any atom is -0.382 e. The zero-order valence-electron chi connectivity index (χ0n) is 8.64. The van der Waals surface area contributed by atoms with Crippen LogP contribution in [0.15, 0.2) is 16.6 Å². The van der Waals surface area contributed by atoms with Gasteiger partial charge in [-0.25, -0.2) is 0 Å². The maximum atomic E-state index is 12.3. The summed E-state index contributed by atoms with van der Waals surface area (Å²) >= 11 is 2.95. The van der Waals surface area contributed by atoms with Gasteiger partial charge in [-0.15, -0.1) is 0 Å². The lowest BCUT2D eigenvalue weighted by atomic mass is 10.1. The molecular formula is C9H8BrF3N2O2. The van der Waals surface area contributed by atoms with Gasteiger partial charge in [-0.2, -0.15) is 13.2 Å². The van der Waals surface area contributed by atoms with E-state index in [0.29, 0.717) is 0 Å². The third-order valence-electron chi connectivity index (χ3n) is 2.00. The summed E-state index contributed by atoms with van der Waals surface area (Å²) in [4.78, 5) is 9.99. The zero-order valence-corrected chi connectivity index (χ0v) is 10.2. The summed E-state index contributed by atoms with van der Waals surface area (Å²) in [7, 11) is 1.34. The molecular weight excluding hydrogens is 305 g/mol. The Morgan fingerprint density at radius 1 is 1.47 bits per heavy atom. The van der Waals surface area contributed by atoms with Gasteiger partial charge >= 0.3 is 6.18 Å². The molecule has 0 fully saturated rings. The fraction of sp³-hybridized carbons (Fsp3) is 0.333. The molecule has 0 saturated heterocycles. The van der Waals surface area contributed by atoms with E-state index < -0.39 is 17.5 Å². The fourth-order valence-electron chi connectivity index (χ4n) is 1.44. The van der Waals surface area contributed by atoms with E-state index in [1.165, 1.54) is 13.1 Å². The molecule has 1 rings (SSSR count). The van der Waals surface area contributed by atoms with Crippen molar-refractivity contribution in [2.24, 2.45) is 0 Å². The average Bonchev–Trinajstić information content (AvgIpc) is 2.14. The van der Waals surface area contributed by atoms with Gasteiger partial charge in [0.05, 0.1) is 11.3 Å². The number of nitrogens with zero attached hydrogens (tertiary/aromatic N) is 1. The highest BCUT2D eigenvalue weighted by Gasteiger charge is 2.31. The number of halogens is 4. The number of alkyl halides is 3. The van der Waals surface area contributed by atoms with Gasteiger partial charge in [0.15, 0.2) is 0 Å². The molecule has 1 N–H and O–H groups in total. The molecule has 0 aliphatic rings. The molecule has 4 nitrogen and oxygen atoms in total. The van der Waals surface area contributed by atoms with Crippen LogP contribution in [0.25, 0.3) is 0 Å². The van der Waals surface area contributed by atoms with E-state index >= 15 is 0 Å². The first-order valence-corrected chi connectivity index (χ1v) is 5.25. The van der Waals surface area contributed by atoms with Crippen LogP contribution in [0.2, 0.25) is 0 Å². The number of nitro groups is 1. The van der Waals surface area contributed by atoms with Crippen molar-refractivity contribution in [1.29, 1.82) is 0 Å². The smallest absolute Gasteiger partial charge is 0.382 e. The van der Waals surface area contributed by atoms with E-state index in [0.717, 1.165) is 6.07 Å². The maximum absolute atomic E-state index is 12.3. The van der Waals surface area contributed by atoms with Crippen molar-refractivity contribution in [2.75, 3.05) is 12.4 Å². The SMILES string of the molecule is CNc1c(CC(F)(F)F)cc(Br)cc1[N+](=O)[O-]. The van der Waals surface area contributed by atoms with Crippen LogP contribution in [-0.4, -0.2) is 18.1 Å². The number of nitrogens with one attached hydrogen (secondary N) is 1. The third-order valence-corrected chi connectivity index (χ3v) is 2.46. The van der Waals surface area contributed by atoms with Crippen molar-refractivity contribution >= 4 is 27.3 Å². The second kappa shape index (κ2) is 4.91. The van der Waals surface area contributed by atoms with Crippen molar-refractivity contribution in [1.82, 2.24) is 0 Å². The Bertz CT molecular complexity index is 449. The molecule has 0 bridgehead atoms. The van der Waals surface area contributed by atoms with E-state index in [1.807, 2.05) is 0 Å². The molecule has 0 unspecified atom stereocenters. The van der Waals surface area contributed by atoms with E-state index in [4.69, 9.17) is 0 Å². The van der Waals surface area contributed by atoms with Crippen LogP contribution in [0.4, 0.5) is 24.5 Å². The van der Waals surface area contributed by atoms with Gasteiger partial charge in [0.25, 0.3) is 5.69 Å². The van der Waals surface area contributed by atoms with E-state index in [-0.39, 0.29) is 21.4 Å². The maximum Gasteiger partial charge on any atom is 0.393 e. The van der Waals surface area contributed by atoms with Gasteiger partial charge < -0.3 is 5.32 Å². The summed E-state index contributed by atoms with van der Waals surface area (Å²) in [5.41, 5.74) is -0.669. The second-order valence-electron chi connectivity index (χ2n) is 3.26. The van der Waals surface area contributed by atoms with Gasteiger partial charge in [0, 0.05) is 17.6 Å². The van der Waals surface area contributed by atoms with Crippen LogP contribution in [0.5, 0.6) is 0 Å². The highest BCUT2D eigenvalue weighted by atomic mass is 79.9. The molecule has 0 radical (unpaired) electrons. The number of rotatable bonds is 3. The highest BCUT2D eigenvalue weighted by molar-refractivity contribution is 9.10. The molecule has 0 heterocycles. The Labute approximate surface area is 103 Å². The molecule has 0 amide bonds. The Morgan fingerprint density at radius 3 is 2.47 bits per heavy atom. The summed E-state index contributed by atoms with van der Waals surface area (Å²) in [5, 5.41) is 13.1. The minimum atomic E-state index is -4.42. The Hall–Kier alpha value is -1.31. The minimum absolute atomic E-state index is 0.115. The standard InChI is InChI=1S/C9H8BrF3N2O2/c1-14-8-5(4-9(11,12)13)2-6(10)3-7(8)15(16)17/h2-3,14H,4H2,1H3. The second-order valence-corrected chi connectivity index (χ2v) is 4.17. The van der Waals surface area contributed by atoms with Crippen LogP contribution in [0.3, 0.4) is 0 Å². The van der Waals surface area contributed by atoms with Gasteiger partial charge in [-0.3, -0.25) is 10.1 Å². The lowest BCUT2D eigenvalue weighted by Crippen LogP contribution is -2.13. The van der Waals surface area contributed by atoms with Crippen LogP contribution in [0, 0.1) is 10.1 Å². The predicted octanol–water partition coefficient (Wildman–Crippen LogP) is 3.50. The Kier molecular flexibility index (Phi) is 3.97. The number of anilines is 1. The third kappa shape index (κ3) is 3.58. The quantitative estimate of drug-likeness (QED) is 0.686. The molecule has 0 saturated carbocycles. The van der Waals surface area contributed by atoms with Gasteiger partial charge in [0.2, 0.25) is 0 Å². The molecule has 0 aliphatic heterocycles. The first-order chi connectivity index (χ1) is 7.74. The van der Waals surface area contributed by atoms with E-state index in [1.54, 1.807) is 0 Å². The van der Waals surface area contributed by atoms with Gasteiger partial charge in [0.1, 0.15) is 5.69 Å². The molecule has 0 aliphatic carbocycles. The van der Waals surface area contributed by atoms with Crippen molar-refractivity contribution < 1.29 is 18.1 Å². The largest absolute Gasteiger partial charge is 0.393 e. The molecule has 0 spiro atoms. The normalized spacial score (nSPS) is 11.4. The van der Waals surface area contributed by atoms with Crippen molar-refractivity contribution in [3.05, 3.63) is 32.3 Å². The Balaban J connectivity index is 3.33. The fourth-order valence-corrected chi connectivity index (χ4v) is 1.93. The van der Waals surface area contributed by atoms with Crippen LogP contribution >= 0.6 is 15.9 Å². The van der Waals surface area contributed by atoms with Crippen LogP contribution in [-0.2, 0) is 6.42 Å². The van der Waals surface area contributed by atoms with Gasteiger partial charge in [-0.1, -0.05) is 15.9 Å². The number of hydrogen-bond acceptors (Lipinski definition) is 3. The summed E-state index contributed by atoms with van der Waals surface area (Å²) in [6.07, 6.45) is -5.64. The summed E-state index contributed by atoms with van der Waals surface area (Å²) < 4.78 is 37.2. The van der Waals surface area contributed by atoms with Crippen molar-refractivity contribution in [3.63, 3.8) is 0 Å². The summed E-state index contributed by atoms with van der Waals surface area (Å²) in [6.45, 7) is 0. The topological polar surface area (TPSA) is 55.2 Å². The molecule has 0 aromatic heterocycles. The lowest BCUT2D eigenvalue weighted by molar-refractivity contribution is -0.384. The zero-order chi connectivity index (χ0) is 13.2. The highest BCUT2D eigenvalue weighted by Crippen LogP contribution is 2.35. The molecule has 0 atom stereocenters. The van der Waals surface area contributed by atoms with Crippen molar-refractivity contribution in [2.45, 2.75) is 12.6 Å². The molecule has 1 aromatic carbocycles. The lowest BCUT2D eigenvalue weighted by Gasteiger charge is -2.12. The van der Waals surface area contributed by atoms with E-state index in [2.05, 4.69) is 21.2 Å². The van der Waals surface area contributed by atoms with Gasteiger partial charge in [-0.05, 0) is 11.6 Å². The first kappa shape index (κ1) is 13.8. The summed E-state index contributed by atoms with van der Waals surface area (Å²) in [5.74, 6) is 0. The number of hydrogen-bond donors (Lipinski definition) is 1. The van der Waals surface area contributed by atoms with E-state index in [9.17, 15) is 23.3 Å². The van der Waals surface area contributed by atoms with Crippen LogP contribution < -0.4 is 5.32 Å². The van der Waals surface area contributed by atoms with Crippen LogP contribution in [0.1, 0.15) is 5.56 Å².